The lowest BCUT2D eigenvalue weighted by molar-refractivity contribution is -0.113. The Hall–Kier alpha value is -4.44. The van der Waals surface area contributed by atoms with Gasteiger partial charge in [-0.15, -0.1) is 0 Å². The summed E-state index contributed by atoms with van der Waals surface area (Å²) in [6, 6.07) is 12.0. The number of amides is 1. The second-order valence-corrected chi connectivity index (χ2v) is 9.73. The maximum absolute atomic E-state index is 13.1. The topological polar surface area (TPSA) is 112 Å². The molecule has 0 unspecified atom stereocenters. The molecule has 202 valence electrons. The molecule has 1 aliphatic rings. The summed E-state index contributed by atoms with van der Waals surface area (Å²) in [6.45, 7) is 2.71. The summed E-state index contributed by atoms with van der Waals surface area (Å²) >= 11 is 0. The number of likely N-dealkylation sites (N-methyl/N-ethyl adjacent to an activating group) is 2. The average molecular weight is 528 g/mol. The molecular weight excluding hydrogens is 494 g/mol. The van der Waals surface area contributed by atoms with Gasteiger partial charge in [0.15, 0.2) is 5.65 Å². The number of nitrogens with zero attached hydrogens (tertiary/aromatic N) is 6. The molecule has 0 spiro atoms. The lowest BCUT2D eigenvalue weighted by Crippen LogP contribution is -2.26. The molecule has 2 N–H and O–H groups in total. The normalized spacial score (nSPS) is 13.4. The van der Waals surface area contributed by atoms with Crippen molar-refractivity contribution in [3.63, 3.8) is 0 Å². The molecule has 2 heterocycles. The van der Waals surface area contributed by atoms with E-state index >= 15 is 0 Å². The first-order valence-corrected chi connectivity index (χ1v) is 12.8. The fourth-order valence-electron chi connectivity index (χ4n) is 4.61. The van der Waals surface area contributed by atoms with E-state index in [1.54, 1.807) is 36.9 Å². The molecule has 5 rings (SSSR count). The molecule has 10 nitrogen and oxygen atoms in total. The van der Waals surface area contributed by atoms with Crippen LogP contribution in [0, 0.1) is 6.92 Å². The second kappa shape index (κ2) is 10.7. The van der Waals surface area contributed by atoms with Gasteiger partial charge in [-0.2, -0.15) is 5.10 Å². The van der Waals surface area contributed by atoms with Gasteiger partial charge in [0.1, 0.15) is 29.3 Å². The van der Waals surface area contributed by atoms with Crippen LogP contribution in [0.4, 0.5) is 11.5 Å². The van der Waals surface area contributed by atoms with Crippen LogP contribution in [0.25, 0.3) is 28.0 Å². The number of nitrogens with two attached hydrogens (primary N) is 1. The Kier molecular flexibility index (Phi) is 7.21. The molecule has 0 saturated heterocycles. The molecule has 2 aromatic heterocycles. The summed E-state index contributed by atoms with van der Waals surface area (Å²) in [4.78, 5) is 25.6. The standard InChI is InChI=1S/C29H33N7O3/c1-18-8-9-19(15-24(18)39-5)27-26-28(30)31-17-32-29(26)36(33-27)21-12-13-23(38-4)22(16-21)35(3)25(37)7-6-14-34(2)20-10-11-20/h6-9,12-13,15-17,20H,10-11,14H2,1-5H3,(H2,30,31,32). The third-order valence-electron chi connectivity index (χ3n) is 7.10. The van der Waals surface area contributed by atoms with Crippen LogP contribution in [0.5, 0.6) is 11.5 Å². The third kappa shape index (κ3) is 5.15. The van der Waals surface area contributed by atoms with Crippen LogP contribution in [-0.4, -0.2) is 71.5 Å². The lowest BCUT2D eigenvalue weighted by atomic mass is 10.1. The van der Waals surface area contributed by atoms with Gasteiger partial charge in [-0.05, 0) is 56.6 Å². The minimum absolute atomic E-state index is 0.154. The quantitative estimate of drug-likeness (QED) is 0.325. The van der Waals surface area contributed by atoms with Crippen LogP contribution < -0.4 is 20.1 Å². The number of fused-ring (bicyclic) bond motifs is 1. The van der Waals surface area contributed by atoms with Crippen LogP contribution in [0.1, 0.15) is 18.4 Å². The molecule has 10 heteroatoms. The number of rotatable bonds is 9. The number of ether oxygens (including phenoxy) is 2. The third-order valence-corrected chi connectivity index (χ3v) is 7.10. The predicted molar refractivity (Wildman–Crippen MR) is 153 cm³/mol. The van der Waals surface area contributed by atoms with Gasteiger partial charge in [-0.25, -0.2) is 14.6 Å². The van der Waals surface area contributed by atoms with Crippen molar-refractivity contribution in [1.82, 2.24) is 24.6 Å². The highest BCUT2D eigenvalue weighted by atomic mass is 16.5. The molecule has 0 aliphatic heterocycles. The molecule has 1 fully saturated rings. The average Bonchev–Trinajstić information content (AvgIpc) is 3.73. The highest BCUT2D eigenvalue weighted by Crippen LogP contribution is 2.36. The van der Waals surface area contributed by atoms with Gasteiger partial charge in [-0.1, -0.05) is 18.2 Å². The molecule has 2 aromatic carbocycles. The van der Waals surface area contributed by atoms with Gasteiger partial charge >= 0.3 is 0 Å². The maximum Gasteiger partial charge on any atom is 0.250 e. The second-order valence-electron chi connectivity index (χ2n) is 9.73. The highest BCUT2D eigenvalue weighted by molar-refractivity contribution is 6.02. The molecule has 0 bridgehead atoms. The Balaban J connectivity index is 1.54. The number of methoxy groups -OCH3 is 2. The van der Waals surface area contributed by atoms with Gasteiger partial charge in [0.25, 0.3) is 5.91 Å². The molecule has 0 atom stereocenters. The summed E-state index contributed by atoms with van der Waals surface area (Å²) in [5, 5.41) is 5.54. The number of aromatic nitrogens is 4. The minimum atomic E-state index is -0.154. The van der Waals surface area contributed by atoms with Gasteiger partial charge in [0.2, 0.25) is 0 Å². The van der Waals surface area contributed by atoms with E-state index in [1.807, 2.05) is 49.4 Å². The van der Waals surface area contributed by atoms with Gasteiger partial charge in [0.05, 0.1) is 31.0 Å². The van der Waals surface area contributed by atoms with Gasteiger partial charge in [0, 0.05) is 31.3 Å². The Morgan fingerprint density at radius 2 is 1.87 bits per heavy atom. The number of aryl methyl sites for hydroxylation is 1. The van der Waals surface area contributed by atoms with Crippen molar-refractivity contribution in [2.24, 2.45) is 0 Å². The van der Waals surface area contributed by atoms with Gasteiger partial charge < -0.3 is 20.1 Å². The van der Waals surface area contributed by atoms with Crippen molar-refractivity contribution in [3.8, 4) is 28.4 Å². The molecular formula is C29H33N7O3. The Morgan fingerprint density at radius 1 is 1.10 bits per heavy atom. The van der Waals surface area contributed by atoms with E-state index in [-0.39, 0.29) is 5.91 Å². The zero-order valence-corrected chi connectivity index (χ0v) is 22.9. The first-order valence-electron chi connectivity index (χ1n) is 12.8. The largest absolute Gasteiger partial charge is 0.496 e. The van der Waals surface area contributed by atoms with Crippen molar-refractivity contribution in [2.75, 3.05) is 45.5 Å². The van der Waals surface area contributed by atoms with E-state index in [0.29, 0.717) is 45.7 Å². The number of hydrogen-bond donors (Lipinski definition) is 1. The first kappa shape index (κ1) is 26.2. The van der Waals surface area contributed by atoms with Crippen LogP contribution in [0.3, 0.4) is 0 Å². The Labute approximate surface area is 227 Å². The summed E-state index contributed by atoms with van der Waals surface area (Å²) in [5.74, 6) is 1.48. The minimum Gasteiger partial charge on any atom is -0.496 e. The predicted octanol–water partition coefficient (Wildman–Crippen LogP) is 4.00. The van der Waals surface area contributed by atoms with E-state index in [9.17, 15) is 4.79 Å². The molecule has 1 amide bonds. The summed E-state index contributed by atoms with van der Waals surface area (Å²) in [5.41, 5.74) is 10.6. The lowest BCUT2D eigenvalue weighted by Gasteiger charge is -2.20. The molecule has 4 aromatic rings. The molecule has 1 saturated carbocycles. The zero-order valence-electron chi connectivity index (χ0n) is 22.9. The molecule has 1 aliphatic carbocycles. The SMILES string of the molecule is COc1cc(-c2nn(-c3ccc(OC)c(N(C)C(=O)C=CCN(C)C4CC4)c3)c3ncnc(N)c23)ccc1C. The van der Waals surface area contributed by atoms with E-state index in [4.69, 9.17) is 20.3 Å². The van der Waals surface area contributed by atoms with Crippen molar-refractivity contribution in [1.29, 1.82) is 0 Å². The van der Waals surface area contributed by atoms with Crippen LogP contribution >= 0.6 is 0 Å². The summed E-state index contributed by atoms with van der Waals surface area (Å²) < 4.78 is 12.8. The zero-order chi connectivity index (χ0) is 27.7. The number of benzene rings is 2. The number of hydrogen-bond acceptors (Lipinski definition) is 8. The summed E-state index contributed by atoms with van der Waals surface area (Å²) in [6.07, 6.45) is 7.36. The fourth-order valence-corrected chi connectivity index (χ4v) is 4.61. The number of carbonyl (C=O) groups is 1. The van der Waals surface area contributed by atoms with E-state index in [0.717, 1.165) is 23.4 Å². The number of carbonyl (C=O) groups excluding carboxylic acids is 1. The highest BCUT2D eigenvalue weighted by Gasteiger charge is 2.25. The van der Waals surface area contributed by atoms with Crippen molar-refractivity contribution in [2.45, 2.75) is 25.8 Å². The first-order chi connectivity index (χ1) is 18.8. The Bertz CT molecular complexity index is 1560. The molecule has 0 radical (unpaired) electrons. The smallest absolute Gasteiger partial charge is 0.250 e. The summed E-state index contributed by atoms with van der Waals surface area (Å²) in [7, 11) is 7.02. The van der Waals surface area contributed by atoms with Gasteiger partial charge in [-0.3, -0.25) is 9.69 Å². The van der Waals surface area contributed by atoms with Crippen molar-refractivity contribution in [3.05, 3.63) is 60.4 Å². The van der Waals surface area contributed by atoms with E-state index in [2.05, 4.69) is 21.9 Å². The fraction of sp³-hybridized carbons (Fsp3) is 0.310. The van der Waals surface area contributed by atoms with Crippen LogP contribution in [0.2, 0.25) is 0 Å². The number of nitrogen functional groups attached to an aromatic ring is 1. The maximum atomic E-state index is 13.1. The Morgan fingerprint density at radius 3 is 2.59 bits per heavy atom. The van der Waals surface area contributed by atoms with E-state index < -0.39 is 0 Å². The monoisotopic (exact) mass is 527 g/mol. The van der Waals surface area contributed by atoms with E-state index in [1.165, 1.54) is 19.2 Å². The van der Waals surface area contributed by atoms with Crippen LogP contribution in [0.15, 0.2) is 54.9 Å². The number of anilines is 2. The van der Waals surface area contributed by atoms with Crippen molar-refractivity contribution < 1.29 is 14.3 Å². The van der Waals surface area contributed by atoms with Crippen molar-refractivity contribution >= 4 is 28.4 Å². The molecule has 39 heavy (non-hydrogen) atoms. The van der Waals surface area contributed by atoms with Crippen LogP contribution in [-0.2, 0) is 4.79 Å².